The van der Waals surface area contributed by atoms with Crippen LogP contribution < -0.4 is 0 Å². The van der Waals surface area contributed by atoms with Crippen molar-refractivity contribution >= 4 is 11.6 Å². The molecule has 0 spiro atoms. The maximum absolute atomic E-state index is 13.3. The van der Waals surface area contributed by atoms with Crippen LogP contribution in [0.3, 0.4) is 0 Å². The number of aliphatic hydroxyl groups excluding tert-OH is 2. The highest BCUT2D eigenvalue weighted by molar-refractivity contribution is 6.30. The van der Waals surface area contributed by atoms with Crippen LogP contribution >= 0.6 is 11.6 Å². The normalized spacial score (nSPS) is 25.3. The van der Waals surface area contributed by atoms with Crippen LogP contribution in [0.15, 0.2) is 18.2 Å². The summed E-state index contributed by atoms with van der Waals surface area (Å²) in [5.41, 5.74) is 0.839. The van der Waals surface area contributed by atoms with Gasteiger partial charge in [0.2, 0.25) is 0 Å². The Morgan fingerprint density at radius 3 is 2.83 bits per heavy atom. The van der Waals surface area contributed by atoms with Crippen LogP contribution in [0.5, 0.6) is 0 Å². The molecule has 3 nitrogen and oxygen atoms in total. The SMILES string of the molecule is OC[C@H]1CCN(Cc2ccc(Cl)c(F)c2)C[C@H]1O. The zero-order valence-corrected chi connectivity index (χ0v) is 10.8. The van der Waals surface area contributed by atoms with E-state index in [2.05, 4.69) is 4.90 Å². The van der Waals surface area contributed by atoms with Crippen molar-refractivity contribution in [1.82, 2.24) is 4.90 Å². The molecule has 1 heterocycles. The van der Waals surface area contributed by atoms with Crippen molar-refractivity contribution in [3.63, 3.8) is 0 Å². The fourth-order valence-electron chi connectivity index (χ4n) is 2.30. The number of hydrogen-bond donors (Lipinski definition) is 2. The Balaban J connectivity index is 1.96. The Kier molecular flexibility index (Phi) is 4.56. The molecule has 0 aliphatic carbocycles. The van der Waals surface area contributed by atoms with Crippen molar-refractivity contribution in [2.75, 3.05) is 19.7 Å². The number of rotatable bonds is 3. The van der Waals surface area contributed by atoms with Gasteiger partial charge in [0.25, 0.3) is 0 Å². The molecule has 1 aliphatic heterocycles. The lowest BCUT2D eigenvalue weighted by Gasteiger charge is -2.35. The second-order valence-electron chi connectivity index (χ2n) is 4.78. The molecule has 5 heteroatoms. The largest absolute Gasteiger partial charge is 0.396 e. The van der Waals surface area contributed by atoms with Gasteiger partial charge in [0.1, 0.15) is 5.82 Å². The highest BCUT2D eigenvalue weighted by Crippen LogP contribution is 2.21. The van der Waals surface area contributed by atoms with Crippen molar-refractivity contribution in [1.29, 1.82) is 0 Å². The lowest BCUT2D eigenvalue weighted by atomic mass is 9.94. The summed E-state index contributed by atoms with van der Waals surface area (Å²) < 4.78 is 13.3. The van der Waals surface area contributed by atoms with E-state index in [1.54, 1.807) is 12.1 Å². The summed E-state index contributed by atoms with van der Waals surface area (Å²) in [6.45, 7) is 1.91. The quantitative estimate of drug-likeness (QED) is 0.880. The maximum atomic E-state index is 13.3. The van der Waals surface area contributed by atoms with E-state index in [0.29, 0.717) is 13.1 Å². The van der Waals surface area contributed by atoms with Crippen molar-refractivity contribution in [2.24, 2.45) is 5.92 Å². The number of hydrogen-bond acceptors (Lipinski definition) is 3. The van der Waals surface area contributed by atoms with Crippen LogP contribution in [-0.2, 0) is 6.54 Å². The molecule has 2 N–H and O–H groups in total. The highest BCUT2D eigenvalue weighted by atomic mass is 35.5. The molecule has 0 aromatic heterocycles. The van der Waals surface area contributed by atoms with Gasteiger partial charge in [0.05, 0.1) is 11.1 Å². The highest BCUT2D eigenvalue weighted by Gasteiger charge is 2.26. The average Bonchev–Trinajstić information content (AvgIpc) is 2.34. The zero-order valence-electron chi connectivity index (χ0n) is 10.0. The van der Waals surface area contributed by atoms with Gasteiger partial charge < -0.3 is 10.2 Å². The topological polar surface area (TPSA) is 43.7 Å². The standard InChI is InChI=1S/C13H17ClFNO2/c14-11-2-1-9(5-12(11)15)6-16-4-3-10(8-17)13(18)7-16/h1-2,5,10,13,17-18H,3-4,6-8H2/t10-,13-/m1/s1. The smallest absolute Gasteiger partial charge is 0.142 e. The monoisotopic (exact) mass is 273 g/mol. The van der Waals surface area contributed by atoms with Crippen molar-refractivity contribution in [3.8, 4) is 0 Å². The third-order valence-corrected chi connectivity index (χ3v) is 3.74. The number of piperidine rings is 1. The predicted octanol–water partition coefficient (Wildman–Crippen LogP) is 1.65. The number of nitrogens with zero attached hydrogens (tertiary/aromatic N) is 1. The van der Waals surface area contributed by atoms with E-state index in [9.17, 15) is 9.50 Å². The van der Waals surface area contributed by atoms with Gasteiger partial charge in [-0.25, -0.2) is 4.39 Å². The van der Waals surface area contributed by atoms with Gasteiger partial charge in [-0.2, -0.15) is 0 Å². The Labute approximate surface area is 111 Å². The molecule has 0 bridgehead atoms. The van der Waals surface area contributed by atoms with Gasteiger partial charge in [-0.1, -0.05) is 17.7 Å². The van der Waals surface area contributed by atoms with Crippen molar-refractivity contribution in [3.05, 3.63) is 34.6 Å². The van der Waals surface area contributed by atoms with E-state index in [1.807, 2.05) is 0 Å². The third-order valence-electron chi connectivity index (χ3n) is 3.43. The third kappa shape index (κ3) is 3.20. The van der Waals surface area contributed by atoms with E-state index in [4.69, 9.17) is 16.7 Å². The minimum atomic E-state index is -0.513. The predicted molar refractivity (Wildman–Crippen MR) is 67.9 cm³/mol. The first-order valence-electron chi connectivity index (χ1n) is 6.05. The van der Waals surface area contributed by atoms with Gasteiger partial charge in [0.15, 0.2) is 0 Å². The summed E-state index contributed by atoms with van der Waals surface area (Å²) in [6, 6.07) is 4.76. The van der Waals surface area contributed by atoms with E-state index in [1.165, 1.54) is 6.07 Å². The van der Waals surface area contributed by atoms with Crippen LogP contribution in [0, 0.1) is 11.7 Å². The van der Waals surface area contributed by atoms with Gasteiger partial charge in [-0.3, -0.25) is 4.90 Å². The Morgan fingerprint density at radius 1 is 1.44 bits per heavy atom. The molecular weight excluding hydrogens is 257 g/mol. The number of benzene rings is 1. The Hall–Kier alpha value is -0.680. The van der Waals surface area contributed by atoms with E-state index in [-0.39, 0.29) is 17.5 Å². The van der Waals surface area contributed by atoms with Crippen molar-refractivity contribution < 1.29 is 14.6 Å². The molecule has 2 rings (SSSR count). The van der Waals surface area contributed by atoms with E-state index in [0.717, 1.165) is 18.5 Å². The van der Waals surface area contributed by atoms with Gasteiger partial charge in [0, 0.05) is 25.6 Å². The Morgan fingerprint density at radius 2 is 2.22 bits per heavy atom. The number of aliphatic hydroxyl groups is 2. The molecule has 18 heavy (non-hydrogen) atoms. The summed E-state index contributed by atoms with van der Waals surface area (Å²) in [4.78, 5) is 2.06. The van der Waals surface area contributed by atoms with Crippen LogP contribution in [0.2, 0.25) is 5.02 Å². The summed E-state index contributed by atoms with van der Waals surface area (Å²) in [5.74, 6) is -0.455. The fraction of sp³-hybridized carbons (Fsp3) is 0.538. The average molecular weight is 274 g/mol. The maximum Gasteiger partial charge on any atom is 0.142 e. The first-order chi connectivity index (χ1) is 8.60. The van der Waals surface area contributed by atoms with Gasteiger partial charge >= 0.3 is 0 Å². The minimum absolute atomic E-state index is 0.0184. The summed E-state index contributed by atoms with van der Waals surface area (Å²) in [7, 11) is 0. The molecule has 0 saturated carbocycles. The van der Waals surface area contributed by atoms with Crippen LogP contribution in [0.4, 0.5) is 4.39 Å². The number of halogens is 2. The second kappa shape index (κ2) is 5.97. The molecule has 1 saturated heterocycles. The summed E-state index contributed by atoms with van der Waals surface area (Å²) in [5, 5.41) is 19.0. The van der Waals surface area contributed by atoms with E-state index >= 15 is 0 Å². The molecule has 1 fully saturated rings. The number of β-amino-alcohol motifs (C(OH)–C–C–N with tert-alkyl or cyclic N) is 1. The van der Waals surface area contributed by atoms with Crippen LogP contribution in [0.1, 0.15) is 12.0 Å². The van der Waals surface area contributed by atoms with Crippen LogP contribution in [0.25, 0.3) is 0 Å². The molecular formula is C13H17ClFNO2. The molecule has 1 aromatic rings. The molecule has 2 atom stereocenters. The molecule has 0 unspecified atom stereocenters. The molecule has 1 aromatic carbocycles. The molecule has 0 amide bonds. The molecule has 100 valence electrons. The zero-order chi connectivity index (χ0) is 13.1. The van der Waals surface area contributed by atoms with Gasteiger partial charge in [-0.05, 0) is 30.7 Å². The minimum Gasteiger partial charge on any atom is -0.396 e. The molecule has 0 radical (unpaired) electrons. The first kappa shape index (κ1) is 13.7. The summed E-state index contributed by atoms with van der Waals surface area (Å²) in [6.07, 6.45) is 0.245. The Bertz CT molecular complexity index is 416. The van der Waals surface area contributed by atoms with E-state index < -0.39 is 11.9 Å². The lowest BCUT2D eigenvalue weighted by Crippen LogP contribution is -2.44. The summed E-state index contributed by atoms with van der Waals surface area (Å²) >= 11 is 5.63. The lowest BCUT2D eigenvalue weighted by molar-refractivity contribution is -0.00445. The number of likely N-dealkylation sites (tertiary alicyclic amines) is 1. The fourth-order valence-corrected chi connectivity index (χ4v) is 2.42. The van der Waals surface area contributed by atoms with Gasteiger partial charge in [-0.15, -0.1) is 0 Å². The second-order valence-corrected chi connectivity index (χ2v) is 5.19. The first-order valence-corrected chi connectivity index (χ1v) is 6.43. The van der Waals surface area contributed by atoms with Crippen molar-refractivity contribution in [2.45, 2.75) is 19.1 Å². The molecule has 1 aliphatic rings. The van der Waals surface area contributed by atoms with Crippen LogP contribution in [-0.4, -0.2) is 40.9 Å².